The van der Waals surface area contributed by atoms with Gasteiger partial charge in [-0.25, -0.2) is 19.8 Å². The largest absolute Gasteiger partial charge is 0.467 e. The predicted octanol–water partition coefficient (Wildman–Crippen LogP) is 6.33. The van der Waals surface area contributed by atoms with E-state index in [-0.39, 0.29) is 42.4 Å². The number of hydrogen-bond acceptors (Lipinski definition) is 10. The zero-order valence-electron chi connectivity index (χ0n) is 27.1. The first-order valence-corrected chi connectivity index (χ1v) is 15.4. The summed E-state index contributed by atoms with van der Waals surface area (Å²) in [7, 11) is 1.15. The Morgan fingerprint density at radius 2 is 1.49 bits per heavy atom. The van der Waals surface area contributed by atoms with E-state index in [0.29, 0.717) is 44.1 Å². The second-order valence-electron chi connectivity index (χ2n) is 11.5. The van der Waals surface area contributed by atoms with Gasteiger partial charge in [0, 0.05) is 32.7 Å². The third-order valence-corrected chi connectivity index (χ3v) is 8.02. The van der Waals surface area contributed by atoms with Crippen LogP contribution in [0.5, 0.6) is 0 Å². The first-order valence-electron chi connectivity index (χ1n) is 15.4. The number of morpholine rings is 1. The molecule has 276 valence electrons. The van der Waals surface area contributed by atoms with Gasteiger partial charge in [0.1, 0.15) is 6.61 Å². The summed E-state index contributed by atoms with van der Waals surface area (Å²) < 4.78 is 140. The Labute approximate surface area is 285 Å². The molecule has 10 nitrogen and oxygen atoms in total. The maximum atomic E-state index is 14.0. The van der Waals surface area contributed by atoms with Gasteiger partial charge in [0.2, 0.25) is 5.95 Å². The molecular weight excluding hydrogens is 703 g/mol. The molecule has 51 heavy (non-hydrogen) atoms. The number of halogens is 9. The van der Waals surface area contributed by atoms with Crippen LogP contribution >= 0.6 is 0 Å². The van der Waals surface area contributed by atoms with Crippen LogP contribution in [0.2, 0.25) is 0 Å². The van der Waals surface area contributed by atoms with E-state index in [2.05, 4.69) is 15.0 Å². The molecule has 1 fully saturated rings. The smallest absolute Gasteiger partial charge is 0.416 e. The van der Waals surface area contributed by atoms with Gasteiger partial charge in [-0.05, 0) is 54.4 Å². The van der Waals surface area contributed by atoms with Crippen molar-refractivity contribution in [1.82, 2.24) is 9.97 Å². The lowest BCUT2D eigenvalue weighted by atomic mass is 10.0. The van der Waals surface area contributed by atoms with Crippen molar-refractivity contribution in [2.45, 2.75) is 44.6 Å². The molecule has 0 bridgehead atoms. The van der Waals surface area contributed by atoms with Gasteiger partial charge in [0.25, 0.3) is 6.02 Å². The first kappa shape index (κ1) is 37.4. The number of nitrogens with zero attached hydrogens (tertiary/aromatic N) is 6. The SMILES string of the molecule is CCN(C1=NC(C(=O)OC)CO1)c1ccc(C(F)(F)F)cc1CN(Cc1cc(C(F)(F)F)cc(C(F)(F)F)c1)c1ncc(N2CCOCC2)cn1. The summed E-state index contributed by atoms with van der Waals surface area (Å²) in [5.41, 5.74) is -4.10. The molecule has 0 N–H and O–H groups in total. The summed E-state index contributed by atoms with van der Waals surface area (Å²) in [5, 5.41) is 0. The average molecular weight is 735 g/mol. The molecule has 0 saturated carbocycles. The fraction of sp³-hybridized carbons (Fsp3) is 0.438. The van der Waals surface area contributed by atoms with E-state index in [4.69, 9.17) is 14.2 Å². The molecule has 2 aliphatic rings. The predicted molar refractivity (Wildman–Crippen MR) is 165 cm³/mol. The van der Waals surface area contributed by atoms with Crippen molar-refractivity contribution in [2.24, 2.45) is 4.99 Å². The van der Waals surface area contributed by atoms with E-state index >= 15 is 0 Å². The molecule has 0 radical (unpaired) electrons. The Hall–Kier alpha value is -4.81. The van der Waals surface area contributed by atoms with Crippen molar-refractivity contribution in [2.75, 3.05) is 61.3 Å². The topological polar surface area (TPSA) is 92.6 Å². The zero-order valence-corrected chi connectivity index (χ0v) is 27.1. The summed E-state index contributed by atoms with van der Waals surface area (Å²) in [6.45, 7) is 2.13. The second kappa shape index (κ2) is 14.8. The number of aliphatic imine (C=N–C) groups is 1. The van der Waals surface area contributed by atoms with E-state index in [9.17, 15) is 44.3 Å². The Bertz CT molecular complexity index is 1690. The minimum absolute atomic E-state index is 0.0184. The van der Waals surface area contributed by atoms with Gasteiger partial charge in [-0.1, -0.05) is 0 Å². The fourth-order valence-corrected chi connectivity index (χ4v) is 5.52. The van der Waals surface area contributed by atoms with Crippen molar-refractivity contribution in [3.05, 3.63) is 76.6 Å². The van der Waals surface area contributed by atoms with Gasteiger partial charge in [0.05, 0.1) is 60.8 Å². The molecule has 1 saturated heterocycles. The monoisotopic (exact) mass is 734 g/mol. The zero-order chi connectivity index (χ0) is 37.1. The van der Waals surface area contributed by atoms with Crippen LogP contribution < -0.4 is 14.7 Å². The standard InChI is InChI=1S/C32H31F9N6O4/c1-3-47(29-44-25(18-51-29)27(48)49-2)26-5-4-21(30(33,34)35)12-20(26)17-46(28-42-14-24(15-43-28)45-6-8-50-9-7-45)16-19-10-22(31(36,37)38)13-23(11-19)32(39,40)41/h4-5,10-15,25H,3,6-9,16-18H2,1-2H3. The molecule has 3 heterocycles. The van der Waals surface area contributed by atoms with Crippen LogP contribution in [0.4, 0.5) is 56.8 Å². The number of aromatic nitrogens is 2. The number of anilines is 3. The highest BCUT2D eigenvalue weighted by molar-refractivity contribution is 5.96. The molecule has 2 aromatic carbocycles. The second-order valence-corrected chi connectivity index (χ2v) is 11.5. The fourth-order valence-electron chi connectivity index (χ4n) is 5.52. The van der Waals surface area contributed by atoms with Crippen LogP contribution in [0, 0.1) is 0 Å². The lowest BCUT2D eigenvalue weighted by Crippen LogP contribution is -2.36. The molecule has 19 heteroatoms. The molecule has 1 aromatic heterocycles. The highest BCUT2D eigenvalue weighted by Gasteiger charge is 2.38. The molecular formula is C32H31F9N6O4. The Balaban J connectivity index is 1.61. The van der Waals surface area contributed by atoms with E-state index in [1.54, 1.807) is 6.92 Å². The molecule has 3 aromatic rings. The molecule has 1 unspecified atom stereocenters. The van der Waals surface area contributed by atoms with Gasteiger partial charge in [-0.2, -0.15) is 39.5 Å². The number of esters is 1. The van der Waals surface area contributed by atoms with Gasteiger partial charge >= 0.3 is 24.5 Å². The Kier molecular flexibility index (Phi) is 10.9. The summed E-state index contributed by atoms with van der Waals surface area (Å²) in [6.07, 6.45) is -12.3. The lowest BCUT2D eigenvalue weighted by Gasteiger charge is -2.30. The summed E-state index contributed by atoms with van der Waals surface area (Å²) in [6, 6.07) is 2.62. The third-order valence-electron chi connectivity index (χ3n) is 8.02. The van der Waals surface area contributed by atoms with Crippen molar-refractivity contribution in [3.63, 3.8) is 0 Å². The molecule has 0 spiro atoms. The van der Waals surface area contributed by atoms with Crippen LogP contribution in [-0.4, -0.2) is 74.6 Å². The molecule has 0 amide bonds. The lowest BCUT2D eigenvalue weighted by molar-refractivity contribution is -0.144. The Morgan fingerprint density at radius 3 is 2.04 bits per heavy atom. The maximum absolute atomic E-state index is 14.0. The number of benzene rings is 2. The van der Waals surface area contributed by atoms with E-state index < -0.39 is 65.9 Å². The van der Waals surface area contributed by atoms with Gasteiger partial charge in [-0.3, -0.25) is 4.90 Å². The molecule has 0 aliphatic carbocycles. The summed E-state index contributed by atoms with van der Waals surface area (Å²) in [5.74, 6) is -0.901. The number of hydrogen-bond donors (Lipinski definition) is 0. The molecule has 2 aliphatic heterocycles. The minimum Gasteiger partial charge on any atom is -0.467 e. The number of alkyl halides is 9. The maximum Gasteiger partial charge on any atom is 0.416 e. The summed E-state index contributed by atoms with van der Waals surface area (Å²) in [4.78, 5) is 29.4. The quantitative estimate of drug-likeness (QED) is 0.185. The van der Waals surface area contributed by atoms with Crippen LogP contribution in [0.25, 0.3) is 0 Å². The van der Waals surface area contributed by atoms with Gasteiger partial charge < -0.3 is 24.0 Å². The van der Waals surface area contributed by atoms with Crippen LogP contribution in [0.3, 0.4) is 0 Å². The Morgan fingerprint density at radius 1 is 0.882 bits per heavy atom. The van der Waals surface area contributed by atoms with Crippen molar-refractivity contribution in [1.29, 1.82) is 0 Å². The number of amidine groups is 1. The van der Waals surface area contributed by atoms with Crippen molar-refractivity contribution in [3.8, 4) is 0 Å². The highest BCUT2D eigenvalue weighted by Crippen LogP contribution is 2.38. The summed E-state index contributed by atoms with van der Waals surface area (Å²) >= 11 is 0. The van der Waals surface area contributed by atoms with Crippen LogP contribution in [0.15, 0.2) is 53.8 Å². The van der Waals surface area contributed by atoms with Gasteiger partial charge in [0.15, 0.2) is 6.04 Å². The third kappa shape index (κ3) is 8.92. The van der Waals surface area contributed by atoms with Crippen molar-refractivity contribution < 1.29 is 58.5 Å². The number of carbonyl (C=O) groups excluding carboxylic acids is 1. The van der Waals surface area contributed by atoms with Crippen LogP contribution in [0.1, 0.15) is 34.7 Å². The van der Waals surface area contributed by atoms with E-state index in [1.807, 2.05) is 4.90 Å². The normalized spacial score (nSPS) is 16.8. The molecule has 5 rings (SSSR count). The highest BCUT2D eigenvalue weighted by atomic mass is 19.4. The average Bonchev–Trinajstić information content (AvgIpc) is 3.58. The molecule has 1 atom stereocenters. The van der Waals surface area contributed by atoms with E-state index in [0.717, 1.165) is 25.3 Å². The van der Waals surface area contributed by atoms with E-state index in [1.165, 1.54) is 22.2 Å². The first-order chi connectivity index (χ1) is 24.0. The van der Waals surface area contributed by atoms with Crippen molar-refractivity contribution >= 4 is 29.3 Å². The van der Waals surface area contributed by atoms with Gasteiger partial charge in [-0.15, -0.1) is 0 Å². The number of carbonyl (C=O) groups is 1. The number of methoxy groups -OCH3 is 1. The number of ether oxygens (including phenoxy) is 3. The van der Waals surface area contributed by atoms with Crippen LogP contribution in [-0.2, 0) is 50.6 Å². The minimum atomic E-state index is -5.14. The number of rotatable bonds is 9.